The lowest BCUT2D eigenvalue weighted by molar-refractivity contribution is 0.638. The number of benzene rings is 1. The highest BCUT2D eigenvalue weighted by Crippen LogP contribution is 2.21. The molecule has 0 unspecified atom stereocenters. The molecule has 0 aliphatic carbocycles. The summed E-state index contributed by atoms with van der Waals surface area (Å²) in [6, 6.07) is 12.7. The van der Waals surface area contributed by atoms with Crippen LogP contribution in [-0.2, 0) is 0 Å². The van der Waals surface area contributed by atoms with Crippen molar-refractivity contribution in [3.63, 3.8) is 0 Å². The summed E-state index contributed by atoms with van der Waals surface area (Å²) in [4.78, 5) is 16.6. The van der Waals surface area contributed by atoms with Crippen molar-refractivity contribution in [2.75, 3.05) is 54.0 Å². The quantitative estimate of drug-likeness (QED) is 0.859. The molecule has 2 aliphatic rings. The van der Waals surface area contributed by atoms with Gasteiger partial charge in [0, 0.05) is 51.2 Å². The number of hydrogen-bond acceptors (Lipinski definition) is 5. The van der Waals surface area contributed by atoms with E-state index in [2.05, 4.69) is 56.1 Å². The van der Waals surface area contributed by atoms with Crippen LogP contribution in [0.1, 0.15) is 25.7 Å². The lowest BCUT2D eigenvalue weighted by atomic mass is 10.2. The zero-order valence-electron chi connectivity index (χ0n) is 14.8. The fraction of sp³-hybridized carbons (Fsp3) is 0.500. The molecule has 2 aromatic rings. The molecule has 3 heterocycles. The van der Waals surface area contributed by atoms with Gasteiger partial charge in [-0.05, 0) is 31.0 Å². The van der Waals surface area contributed by atoms with E-state index < -0.39 is 0 Å². The van der Waals surface area contributed by atoms with E-state index in [4.69, 9.17) is 4.98 Å². The average Bonchev–Trinajstić information content (AvgIpc) is 2.99. The highest BCUT2D eigenvalue weighted by atomic mass is 15.3. The molecule has 0 amide bonds. The van der Waals surface area contributed by atoms with E-state index in [0.29, 0.717) is 0 Å². The van der Waals surface area contributed by atoms with Crippen LogP contribution in [0.15, 0.2) is 42.6 Å². The Hall–Kier alpha value is -2.30. The van der Waals surface area contributed by atoms with Gasteiger partial charge in [0.25, 0.3) is 0 Å². The minimum atomic E-state index is 0.884. The Morgan fingerprint density at radius 3 is 2.04 bits per heavy atom. The predicted octanol–water partition coefficient (Wildman–Crippen LogP) is 3.18. The number of anilines is 3. The Kier molecular flexibility index (Phi) is 5.00. The molecule has 0 spiro atoms. The topological polar surface area (TPSA) is 35.5 Å². The van der Waals surface area contributed by atoms with Crippen molar-refractivity contribution in [3.05, 3.63) is 42.6 Å². The Morgan fingerprint density at radius 2 is 1.32 bits per heavy atom. The summed E-state index contributed by atoms with van der Waals surface area (Å²) < 4.78 is 0. The van der Waals surface area contributed by atoms with Crippen LogP contribution in [0, 0.1) is 0 Å². The molecule has 0 atom stereocenters. The normalized spacial score (nSPS) is 19.0. The van der Waals surface area contributed by atoms with Crippen LogP contribution in [0.5, 0.6) is 0 Å². The van der Waals surface area contributed by atoms with Gasteiger partial charge >= 0.3 is 0 Å². The molecule has 25 heavy (non-hydrogen) atoms. The first-order valence-electron chi connectivity index (χ1n) is 9.53. The third kappa shape index (κ3) is 3.86. The lowest BCUT2D eigenvalue weighted by Crippen LogP contribution is -2.47. The summed E-state index contributed by atoms with van der Waals surface area (Å²) in [5, 5.41) is 0. The van der Waals surface area contributed by atoms with Crippen molar-refractivity contribution >= 4 is 17.5 Å². The van der Waals surface area contributed by atoms with Gasteiger partial charge in [-0.3, -0.25) is 0 Å². The SMILES string of the molecule is c1ccc(N2CCN(c3nccc(N4CCCCCC4)n3)CC2)cc1. The monoisotopic (exact) mass is 337 g/mol. The molecule has 0 radical (unpaired) electrons. The molecule has 132 valence electrons. The Balaban J connectivity index is 1.42. The Morgan fingerprint density at radius 1 is 0.640 bits per heavy atom. The van der Waals surface area contributed by atoms with Gasteiger partial charge in [0.05, 0.1) is 0 Å². The molecule has 5 heteroatoms. The lowest BCUT2D eigenvalue weighted by Gasteiger charge is -2.36. The van der Waals surface area contributed by atoms with Crippen molar-refractivity contribution < 1.29 is 0 Å². The number of hydrogen-bond donors (Lipinski definition) is 0. The summed E-state index contributed by atoms with van der Waals surface area (Å²) in [5.74, 6) is 1.98. The fourth-order valence-corrected chi connectivity index (χ4v) is 3.77. The molecule has 2 saturated heterocycles. The zero-order valence-corrected chi connectivity index (χ0v) is 14.8. The van der Waals surface area contributed by atoms with Gasteiger partial charge in [0.15, 0.2) is 0 Å². The highest BCUT2D eigenvalue weighted by Gasteiger charge is 2.20. The number of para-hydroxylation sites is 1. The van der Waals surface area contributed by atoms with Gasteiger partial charge < -0.3 is 14.7 Å². The van der Waals surface area contributed by atoms with Gasteiger partial charge in [-0.15, -0.1) is 0 Å². The van der Waals surface area contributed by atoms with Gasteiger partial charge in [0.1, 0.15) is 5.82 Å². The van der Waals surface area contributed by atoms with Gasteiger partial charge in [-0.2, -0.15) is 4.98 Å². The second kappa shape index (κ2) is 7.72. The molecular weight excluding hydrogens is 310 g/mol. The van der Waals surface area contributed by atoms with E-state index in [1.165, 1.54) is 31.4 Å². The Labute approximate surface area is 150 Å². The third-order valence-corrected chi connectivity index (χ3v) is 5.24. The third-order valence-electron chi connectivity index (χ3n) is 5.24. The molecule has 0 bridgehead atoms. The van der Waals surface area contributed by atoms with Gasteiger partial charge in [0.2, 0.25) is 5.95 Å². The van der Waals surface area contributed by atoms with Crippen molar-refractivity contribution in [2.45, 2.75) is 25.7 Å². The molecular formula is C20H27N5. The molecule has 4 rings (SSSR count). The summed E-state index contributed by atoms with van der Waals surface area (Å²) in [7, 11) is 0. The van der Waals surface area contributed by atoms with E-state index in [1.54, 1.807) is 0 Å². The largest absolute Gasteiger partial charge is 0.368 e. The van der Waals surface area contributed by atoms with Crippen LogP contribution >= 0.6 is 0 Å². The van der Waals surface area contributed by atoms with Gasteiger partial charge in [-0.1, -0.05) is 31.0 Å². The van der Waals surface area contributed by atoms with Crippen LogP contribution in [-0.4, -0.2) is 49.2 Å². The minimum absolute atomic E-state index is 0.884. The number of nitrogens with zero attached hydrogens (tertiary/aromatic N) is 5. The van der Waals surface area contributed by atoms with E-state index >= 15 is 0 Å². The minimum Gasteiger partial charge on any atom is -0.368 e. The van der Waals surface area contributed by atoms with E-state index in [1.807, 2.05) is 6.20 Å². The molecule has 5 nitrogen and oxygen atoms in total. The second-order valence-electron chi connectivity index (χ2n) is 6.93. The first kappa shape index (κ1) is 16.2. The van der Waals surface area contributed by atoms with Crippen LogP contribution in [0.4, 0.5) is 17.5 Å². The highest BCUT2D eigenvalue weighted by molar-refractivity contribution is 5.49. The van der Waals surface area contributed by atoms with Gasteiger partial charge in [-0.25, -0.2) is 4.98 Å². The fourth-order valence-electron chi connectivity index (χ4n) is 3.77. The number of piperazine rings is 1. The molecule has 1 aromatic heterocycles. The maximum atomic E-state index is 4.88. The summed E-state index contributed by atoms with van der Waals surface area (Å²) >= 11 is 0. The summed E-state index contributed by atoms with van der Waals surface area (Å²) in [6.07, 6.45) is 7.15. The smallest absolute Gasteiger partial charge is 0.227 e. The first-order chi connectivity index (χ1) is 12.4. The van der Waals surface area contributed by atoms with Crippen LogP contribution in [0.25, 0.3) is 0 Å². The molecule has 2 fully saturated rings. The molecule has 0 saturated carbocycles. The summed E-state index contributed by atoms with van der Waals surface area (Å²) in [5.41, 5.74) is 1.31. The van der Waals surface area contributed by atoms with Crippen LogP contribution in [0.3, 0.4) is 0 Å². The van der Waals surface area contributed by atoms with Crippen molar-refractivity contribution in [2.24, 2.45) is 0 Å². The predicted molar refractivity (Wildman–Crippen MR) is 104 cm³/mol. The van der Waals surface area contributed by atoms with E-state index in [9.17, 15) is 0 Å². The molecule has 0 N–H and O–H groups in total. The second-order valence-corrected chi connectivity index (χ2v) is 6.93. The van der Waals surface area contributed by atoms with Crippen molar-refractivity contribution in [1.29, 1.82) is 0 Å². The maximum absolute atomic E-state index is 4.88. The Bertz CT molecular complexity index is 659. The molecule has 2 aliphatic heterocycles. The van der Waals surface area contributed by atoms with E-state index in [0.717, 1.165) is 51.0 Å². The number of rotatable bonds is 3. The van der Waals surface area contributed by atoms with E-state index in [-0.39, 0.29) is 0 Å². The van der Waals surface area contributed by atoms with Crippen LogP contribution < -0.4 is 14.7 Å². The number of aromatic nitrogens is 2. The summed E-state index contributed by atoms with van der Waals surface area (Å²) in [6.45, 7) is 6.22. The van der Waals surface area contributed by atoms with Crippen LogP contribution in [0.2, 0.25) is 0 Å². The van der Waals surface area contributed by atoms with Crippen molar-refractivity contribution in [3.8, 4) is 0 Å². The zero-order chi connectivity index (χ0) is 16.9. The maximum Gasteiger partial charge on any atom is 0.227 e. The standard InChI is InChI=1S/C20H27N5/c1-2-7-13-24(12-6-1)19-10-11-21-20(22-19)25-16-14-23(15-17-25)18-8-4-3-5-9-18/h3-5,8-11H,1-2,6-7,12-17H2. The average molecular weight is 337 g/mol. The molecule has 1 aromatic carbocycles. The van der Waals surface area contributed by atoms with Crippen molar-refractivity contribution in [1.82, 2.24) is 9.97 Å². The first-order valence-corrected chi connectivity index (χ1v) is 9.53.